The van der Waals surface area contributed by atoms with E-state index in [9.17, 15) is 0 Å². The molecule has 2 rings (SSSR count). The molecule has 0 aliphatic rings. The van der Waals surface area contributed by atoms with E-state index in [1.165, 1.54) is 0 Å². The van der Waals surface area contributed by atoms with Gasteiger partial charge in [-0.1, -0.05) is 11.8 Å². The summed E-state index contributed by atoms with van der Waals surface area (Å²) in [6.07, 6.45) is 2.88. The minimum atomic E-state index is 0. The van der Waals surface area contributed by atoms with Gasteiger partial charge in [0, 0.05) is 42.0 Å². The molecule has 1 aromatic carbocycles. The van der Waals surface area contributed by atoms with Gasteiger partial charge in [0.25, 0.3) is 0 Å². The number of aliphatic imine (C=N–C) groups is 1. The van der Waals surface area contributed by atoms with Crippen LogP contribution in [0.4, 0.5) is 0 Å². The fourth-order valence-corrected chi connectivity index (χ4v) is 3.86. The van der Waals surface area contributed by atoms with Crippen molar-refractivity contribution >= 4 is 53.0 Å². The molecule has 2 aromatic rings. The van der Waals surface area contributed by atoms with Gasteiger partial charge >= 0.3 is 0 Å². The highest BCUT2D eigenvalue weighted by Gasteiger charge is 2.05. The maximum Gasteiger partial charge on any atom is 0.191 e. The van der Waals surface area contributed by atoms with Gasteiger partial charge in [0.2, 0.25) is 0 Å². The molecule has 0 unspecified atom stereocenters. The number of hydrogen-bond acceptors (Lipinski definition) is 6. The molecule has 150 valence electrons. The molecule has 0 atom stereocenters. The Morgan fingerprint density at radius 3 is 2.78 bits per heavy atom. The van der Waals surface area contributed by atoms with Crippen LogP contribution >= 0.6 is 47.1 Å². The predicted molar refractivity (Wildman–Crippen MR) is 125 cm³/mol. The van der Waals surface area contributed by atoms with Crippen LogP contribution in [0.5, 0.6) is 11.5 Å². The molecule has 2 N–H and O–H groups in total. The number of nitrogens with one attached hydrogen (secondary N) is 2. The highest BCUT2D eigenvalue weighted by atomic mass is 127. The zero-order valence-electron chi connectivity index (χ0n) is 15.9. The highest BCUT2D eigenvalue weighted by Crippen LogP contribution is 2.25. The second kappa shape index (κ2) is 13.9. The maximum absolute atomic E-state index is 5.43. The third-order valence-electron chi connectivity index (χ3n) is 3.49. The Hall–Kier alpha value is -1.20. The largest absolute Gasteiger partial charge is 0.497 e. The number of thiazole rings is 1. The Kier molecular flexibility index (Phi) is 12.3. The first kappa shape index (κ1) is 23.8. The number of rotatable bonds is 10. The summed E-state index contributed by atoms with van der Waals surface area (Å²) in [7, 11) is 3.30. The molecular formula is C18H27IN4O2S2. The quantitative estimate of drug-likeness (QED) is 0.162. The first-order valence-electron chi connectivity index (χ1n) is 8.52. The smallest absolute Gasteiger partial charge is 0.191 e. The Morgan fingerprint density at radius 1 is 1.26 bits per heavy atom. The summed E-state index contributed by atoms with van der Waals surface area (Å²) in [4.78, 5) is 8.93. The van der Waals surface area contributed by atoms with Gasteiger partial charge in [0.05, 0.1) is 20.8 Å². The Labute approximate surface area is 186 Å². The monoisotopic (exact) mass is 522 g/mol. The van der Waals surface area contributed by atoms with Gasteiger partial charge in [-0.05, 0) is 25.5 Å². The van der Waals surface area contributed by atoms with Crippen molar-refractivity contribution in [3.63, 3.8) is 0 Å². The molecule has 9 heteroatoms. The summed E-state index contributed by atoms with van der Waals surface area (Å²) in [5.41, 5.74) is 1.02. The van der Waals surface area contributed by atoms with E-state index in [0.717, 1.165) is 52.6 Å². The number of thioether (sulfide) groups is 1. The fourth-order valence-electron chi connectivity index (χ4n) is 2.21. The number of halogens is 1. The first-order valence-corrected chi connectivity index (χ1v) is 10.4. The number of aromatic nitrogens is 1. The normalized spacial score (nSPS) is 10.9. The van der Waals surface area contributed by atoms with E-state index in [0.29, 0.717) is 6.54 Å². The number of benzene rings is 1. The highest BCUT2D eigenvalue weighted by molar-refractivity contribution is 14.0. The van der Waals surface area contributed by atoms with Crippen molar-refractivity contribution in [1.29, 1.82) is 0 Å². The summed E-state index contributed by atoms with van der Waals surface area (Å²) < 4.78 is 11.8. The summed E-state index contributed by atoms with van der Waals surface area (Å²) in [5.74, 6) is 3.40. The zero-order chi connectivity index (χ0) is 18.6. The van der Waals surface area contributed by atoms with Crippen LogP contribution < -0.4 is 20.1 Å². The third-order valence-corrected chi connectivity index (χ3v) is 5.55. The molecule has 0 aliphatic heterocycles. The number of guanidine groups is 1. The average Bonchev–Trinajstić information content (AvgIpc) is 3.19. The zero-order valence-corrected chi connectivity index (χ0v) is 19.8. The molecule has 0 fully saturated rings. The van der Waals surface area contributed by atoms with Gasteiger partial charge in [-0.25, -0.2) is 9.98 Å². The van der Waals surface area contributed by atoms with Crippen LogP contribution in [-0.4, -0.2) is 44.0 Å². The van der Waals surface area contributed by atoms with E-state index in [1.807, 2.05) is 29.8 Å². The Morgan fingerprint density at radius 2 is 2.11 bits per heavy atom. The third kappa shape index (κ3) is 8.56. The van der Waals surface area contributed by atoms with Crippen LogP contribution in [0.3, 0.4) is 0 Å². The maximum atomic E-state index is 5.43. The van der Waals surface area contributed by atoms with Crippen molar-refractivity contribution in [1.82, 2.24) is 15.6 Å². The van der Waals surface area contributed by atoms with Crippen LogP contribution in [-0.2, 0) is 6.54 Å². The van der Waals surface area contributed by atoms with E-state index in [-0.39, 0.29) is 24.0 Å². The minimum Gasteiger partial charge on any atom is -0.497 e. The van der Waals surface area contributed by atoms with E-state index < -0.39 is 0 Å². The summed E-state index contributed by atoms with van der Waals surface area (Å²) in [6.45, 7) is 4.28. The van der Waals surface area contributed by atoms with E-state index >= 15 is 0 Å². The second-order valence-corrected chi connectivity index (χ2v) is 7.54. The lowest BCUT2D eigenvalue weighted by molar-refractivity contribution is 0.391. The van der Waals surface area contributed by atoms with Crippen molar-refractivity contribution in [3.05, 3.63) is 35.3 Å². The van der Waals surface area contributed by atoms with Gasteiger partial charge in [-0.2, -0.15) is 0 Å². The molecule has 0 bridgehead atoms. The Balaban J connectivity index is 0.00000364. The molecule has 0 saturated carbocycles. The molecule has 0 amide bonds. The van der Waals surface area contributed by atoms with Crippen molar-refractivity contribution in [2.75, 3.05) is 33.1 Å². The molecule has 0 saturated heterocycles. The van der Waals surface area contributed by atoms with Crippen molar-refractivity contribution in [2.45, 2.75) is 24.2 Å². The van der Waals surface area contributed by atoms with Crippen molar-refractivity contribution < 1.29 is 9.47 Å². The van der Waals surface area contributed by atoms with E-state index in [1.54, 1.807) is 37.3 Å². The lowest BCUT2D eigenvalue weighted by atomic mass is 10.2. The molecule has 0 aliphatic carbocycles. The molecule has 1 heterocycles. The van der Waals surface area contributed by atoms with Gasteiger partial charge < -0.3 is 20.1 Å². The molecule has 27 heavy (non-hydrogen) atoms. The van der Waals surface area contributed by atoms with Crippen LogP contribution in [0.2, 0.25) is 0 Å². The van der Waals surface area contributed by atoms with E-state index in [2.05, 4.69) is 27.5 Å². The molecular weight excluding hydrogens is 495 g/mol. The summed E-state index contributed by atoms with van der Waals surface area (Å²) in [5, 5.41) is 8.65. The average molecular weight is 522 g/mol. The second-order valence-electron chi connectivity index (χ2n) is 5.30. The van der Waals surface area contributed by atoms with Gasteiger partial charge in [-0.15, -0.1) is 35.3 Å². The number of ether oxygens (including phenoxy) is 2. The Bertz CT molecular complexity index is 684. The van der Waals surface area contributed by atoms with Crippen LogP contribution in [0.25, 0.3) is 0 Å². The minimum absolute atomic E-state index is 0. The topological polar surface area (TPSA) is 67.8 Å². The molecule has 0 spiro atoms. The van der Waals surface area contributed by atoms with Gasteiger partial charge in [0.1, 0.15) is 15.8 Å². The number of nitrogens with zero attached hydrogens (tertiary/aromatic N) is 2. The van der Waals surface area contributed by atoms with Crippen molar-refractivity contribution in [2.24, 2.45) is 4.99 Å². The SMILES string of the molecule is CCNC(=NCc1ccc(OC)cc1OC)NCCCSc1nccs1.I. The van der Waals surface area contributed by atoms with Crippen molar-refractivity contribution in [3.8, 4) is 11.5 Å². The van der Waals surface area contributed by atoms with Gasteiger partial charge in [-0.3, -0.25) is 0 Å². The molecule has 0 radical (unpaired) electrons. The van der Waals surface area contributed by atoms with Crippen LogP contribution in [0.15, 0.2) is 39.1 Å². The summed E-state index contributed by atoms with van der Waals surface area (Å²) in [6, 6.07) is 5.78. The first-order chi connectivity index (χ1) is 12.8. The van der Waals surface area contributed by atoms with Gasteiger partial charge in [0.15, 0.2) is 5.96 Å². The fraction of sp³-hybridized carbons (Fsp3) is 0.444. The standard InChI is InChI=1S/C18H26N4O2S2.HI/c1-4-19-17(20-8-5-10-25-18-21-9-11-26-18)22-13-14-6-7-15(23-2)12-16(14)24-3;/h6-7,9,11-12H,4-5,8,10,13H2,1-3H3,(H2,19,20,22);1H. The number of hydrogen-bond donors (Lipinski definition) is 2. The number of methoxy groups -OCH3 is 2. The predicted octanol–water partition coefficient (Wildman–Crippen LogP) is 4.02. The van der Waals surface area contributed by atoms with E-state index in [4.69, 9.17) is 9.47 Å². The molecule has 1 aromatic heterocycles. The van der Waals surface area contributed by atoms with Crippen LogP contribution in [0.1, 0.15) is 18.9 Å². The summed E-state index contributed by atoms with van der Waals surface area (Å²) >= 11 is 3.47. The lowest BCUT2D eigenvalue weighted by Crippen LogP contribution is -2.37. The molecule has 6 nitrogen and oxygen atoms in total. The van der Waals surface area contributed by atoms with Crippen LogP contribution in [0, 0.1) is 0 Å². The lowest BCUT2D eigenvalue weighted by Gasteiger charge is -2.12.